The standard InChI is InChI=1S/C15H30BrN/c1-4-8-15(12-16,9-5-2)13-17-10-6-14(3)7-11-17/h14H,4-13H2,1-3H3. The van der Waals surface area contributed by atoms with Crippen molar-refractivity contribution in [2.24, 2.45) is 11.3 Å². The van der Waals surface area contributed by atoms with Gasteiger partial charge in [0.2, 0.25) is 0 Å². The topological polar surface area (TPSA) is 3.24 Å². The molecular weight excluding hydrogens is 274 g/mol. The van der Waals surface area contributed by atoms with Crippen LogP contribution in [-0.2, 0) is 0 Å². The van der Waals surface area contributed by atoms with Crippen LogP contribution in [0.15, 0.2) is 0 Å². The predicted molar refractivity (Wildman–Crippen MR) is 80.9 cm³/mol. The Morgan fingerprint density at radius 2 is 1.65 bits per heavy atom. The minimum atomic E-state index is 0.532. The molecule has 0 atom stereocenters. The molecule has 0 unspecified atom stereocenters. The van der Waals surface area contributed by atoms with Crippen LogP contribution in [0.1, 0.15) is 59.3 Å². The van der Waals surface area contributed by atoms with Gasteiger partial charge in [0.15, 0.2) is 0 Å². The average Bonchev–Trinajstić information content (AvgIpc) is 2.33. The smallest absolute Gasteiger partial charge is 0.0100 e. The molecule has 0 spiro atoms. The maximum atomic E-state index is 3.79. The minimum absolute atomic E-state index is 0.532. The Bertz CT molecular complexity index is 191. The van der Waals surface area contributed by atoms with Gasteiger partial charge in [0.1, 0.15) is 0 Å². The molecule has 1 saturated heterocycles. The zero-order chi connectivity index (χ0) is 12.7. The first-order valence-corrected chi connectivity index (χ1v) is 8.56. The first-order valence-electron chi connectivity index (χ1n) is 7.44. The molecule has 0 aromatic carbocycles. The monoisotopic (exact) mass is 303 g/mol. The second kappa shape index (κ2) is 7.78. The highest BCUT2D eigenvalue weighted by atomic mass is 79.9. The lowest BCUT2D eigenvalue weighted by Gasteiger charge is -2.40. The third-order valence-electron chi connectivity index (χ3n) is 4.28. The van der Waals surface area contributed by atoms with Crippen LogP contribution in [0, 0.1) is 11.3 Å². The van der Waals surface area contributed by atoms with E-state index in [0.717, 1.165) is 5.92 Å². The highest BCUT2D eigenvalue weighted by Crippen LogP contribution is 2.34. The number of hydrogen-bond donors (Lipinski definition) is 0. The van der Waals surface area contributed by atoms with Crippen molar-refractivity contribution in [2.45, 2.75) is 59.3 Å². The van der Waals surface area contributed by atoms with Crippen molar-refractivity contribution in [1.82, 2.24) is 4.90 Å². The van der Waals surface area contributed by atoms with Crippen LogP contribution < -0.4 is 0 Å². The fourth-order valence-electron chi connectivity index (χ4n) is 3.21. The Kier molecular flexibility index (Phi) is 7.10. The fourth-order valence-corrected chi connectivity index (χ4v) is 3.95. The van der Waals surface area contributed by atoms with Crippen LogP contribution in [0.25, 0.3) is 0 Å². The maximum Gasteiger partial charge on any atom is 0.0100 e. The van der Waals surface area contributed by atoms with Gasteiger partial charge in [-0.05, 0) is 50.1 Å². The van der Waals surface area contributed by atoms with E-state index in [9.17, 15) is 0 Å². The Hall–Kier alpha value is 0.440. The van der Waals surface area contributed by atoms with Gasteiger partial charge in [0, 0.05) is 11.9 Å². The number of piperidine rings is 1. The van der Waals surface area contributed by atoms with E-state index in [0.29, 0.717) is 5.41 Å². The molecule has 0 aromatic rings. The molecule has 0 N–H and O–H groups in total. The summed E-state index contributed by atoms with van der Waals surface area (Å²) in [5, 5.41) is 1.17. The Morgan fingerprint density at radius 1 is 1.12 bits per heavy atom. The van der Waals surface area contributed by atoms with Crippen LogP contribution in [0.3, 0.4) is 0 Å². The van der Waals surface area contributed by atoms with Gasteiger partial charge in [-0.25, -0.2) is 0 Å². The van der Waals surface area contributed by atoms with Gasteiger partial charge in [-0.3, -0.25) is 0 Å². The Balaban J connectivity index is 2.52. The van der Waals surface area contributed by atoms with Crippen molar-refractivity contribution >= 4 is 15.9 Å². The zero-order valence-electron chi connectivity index (χ0n) is 12.0. The van der Waals surface area contributed by atoms with Crippen LogP contribution >= 0.6 is 15.9 Å². The van der Waals surface area contributed by atoms with E-state index in [-0.39, 0.29) is 0 Å². The number of hydrogen-bond acceptors (Lipinski definition) is 1. The number of rotatable bonds is 7. The number of alkyl halides is 1. The quantitative estimate of drug-likeness (QED) is 0.616. The SMILES string of the molecule is CCCC(CBr)(CCC)CN1CCC(C)CC1. The molecular formula is C15H30BrN. The van der Waals surface area contributed by atoms with Crippen LogP contribution in [-0.4, -0.2) is 29.9 Å². The third kappa shape index (κ3) is 4.90. The van der Waals surface area contributed by atoms with Gasteiger partial charge in [0.25, 0.3) is 0 Å². The molecule has 1 aliphatic rings. The molecule has 1 rings (SSSR count). The highest BCUT2D eigenvalue weighted by molar-refractivity contribution is 9.09. The van der Waals surface area contributed by atoms with E-state index in [1.165, 1.54) is 63.5 Å². The second-order valence-electron chi connectivity index (χ2n) is 6.09. The van der Waals surface area contributed by atoms with Crippen LogP contribution in [0.2, 0.25) is 0 Å². The lowest BCUT2D eigenvalue weighted by Crippen LogP contribution is -2.42. The van der Waals surface area contributed by atoms with E-state index in [1.807, 2.05) is 0 Å². The summed E-state index contributed by atoms with van der Waals surface area (Å²) in [6, 6.07) is 0. The molecule has 0 bridgehead atoms. The lowest BCUT2D eigenvalue weighted by atomic mass is 9.80. The average molecular weight is 304 g/mol. The molecule has 0 radical (unpaired) electrons. The van der Waals surface area contributed by atoms with Gasteiger partial charge in [-0.15, -0.1) is 0 Å². The van der Waals surface area contributed by atoms with Crippen molar-refractivity contribution in [3.05, 3.63) is 0 Å². The van der Waals surface area contributed by atoms with Gasteiger partial charge >= 0.3 is 0 Å². The summed E-state index contributed by atoms with van der Waals surface area (Å²) in [4.78, 5) is 2.71. The first-order chi connectivity index (χ1) is 8.15. The van der Waals surface area contributed by atoms with Gasteiger partial charge in [-0.2, -0.15) is 0 Å². The summed E-state index contributed by atoms with van der Waals surface area (Å²) in [7, 11) is 0. The van der Waals surface area contributed by atoms with Gasteiger partial charge in [-0.1, -0.05) is 49.5 Å². The predicted octanol–water partition coefficient (Wildman–Crippen LogP) is 4.70. The summed E-state index contributed by atoms with van der Waals surface area (Å²) in [6.07, 6.45) is 8.18. The van der Waals surface area contributed by atoms with Crippen molar-refractivity contribution < 1.29 is 0 Å². The Labute approximate surface area is 116 Å². The summed E-state index contributed by atoms with van der Waals surface area (Å²) in [6.45, 7) is 11.0. The molecule has 0 aliphatic carbocycles. The van der Waals surface area contributed by atoms with Crippen LogP contribution in [0.5, 0.6) is 0 Å². The number of halogens is 1. The van der Waals surface area contributed by atoms with E-state index < -0.39 is 0 Å². The Morgan fingerprint density at radius 3 is 2.06 bits per heavy atom. The first kappa shape index (κ1) is 15.5. The van der Waals surface area contributed by atoms with E-state index in [4.69, 9.17) is 0 Å². The fraction of sp³-hybridized carbons (Fsp3) is 1.00. The van der Waals surface area contributed by atoms with Gasteiger partial charge < -0.3 is 4.90 Å². The lowest BCUT2D eigenvalue weighted by molar-refractivity contribution is 0.113. The molecule has 1 nitrogen and oxygen atoms in total. The summed E-state index contributed by atoms with van der Waals surface area (Å²) in [5.74, 6) is 0.946. The molecule has 1 heterocycles. The molecule has 1 aliphatic heterocycles. The largest absolute Gasteiger partial charge is 0.303 e. The summed E-state index contributed by atoms with van der Waals surface area (Å²) in [5.41, 5.74) is 0.532. The van der Waals surface area contributed by atoms with E-state index in [2.05, 4.69) is 41.6 Å². The molecule has 0 amide bonds. The number of nitrogens with zero attached hydrogens (tertiary/aromatic N) is 1. The van der Waals surface area contributed by atoms with Crippen LogP contribution in [0.4, 0.5) is 0 Å². The van der Waals surface area contributed by atoms with Crippen molar-refractivity contribution in [3.8, 4) is 0 Å². The van der Waals surface area contributed by atoms with Gasteiger partial charge in [0.05, 0.1) is 0 Å². The second-order valence-corrected chi connectivity index (χ2v) is 6.65. The molecule has 0 saturated carbocycles. The molecule has 0 aromatic heterocycles. The maximum absolute atomic E-state index is 3.79. The number of likely N-dealkylation sites (tertiary alicyclic amines) is 1. The zero-order valence-corrected chi connectivity index (χ0v) is 13.6. The normalized spacial score (nSPS) is 19.8. The van der Waals surface area contributed by atoms with Crippen molar-refractivity contribution in [1.29, 1.82) is 0 Å². The van der Waals surface area contributed by atoms with Crippen molar-refractivity contribution in [2.75, 3.05) is 25.0 Å². The molecule has 17 heavy (non-hydrogen) atoms. The van der Waals surface area contributed by atoms with Crippen molar-refractivity contribution in [3.63, 3.8) is 0 Å². The summed E-state index contributed by atoms with van der Waals surface area (Å²) < 4.78 is 0. The minimum Gasteiger partial charge on any atom is -0.303 e. The molecule has 2 heteroatoms. The van der Waals surface area contributed by atoms with E-state index in [1.54, 1.807) is 0 Å². The third-order valence-corrected chi connectivity index (χ3v) is 5.47. The molecule has 102 valence electrons. The highest BCUT2D eigenvalue weighted by Gasteiger charge is 2.30. The van der Waals surface area contributed by atoms with E-state index >= 15 is 0 Å². The summed E-state index contributed by atoms with van der Waals surface area (Å²) >= 11 is 3.79. The molecule has 1 fully saturated rings.